The summed E-state index contributed by atoms with van der Waals surface area (Å²) in [6.07, 6.45) is 4.31. The fourth-order valence-corrected chi connectivity index (χ4v) is 6.26. The smallest absolute Gasteiger partial charge is 0.245 e. The van der Waals surface area contributed by atoms with Crippen LogP contribution in [0.5, 0.6) is 0 Å². The molecule has 0 aromatic heterocycles. The Morgan fingerprint density at radius 1 is 0.968 bits per heavy atom. The molecule has 2 fully saturated rings. The normalized spacial score (nSPS) is 19.9. The van der Waals surface area contributed by atoms with Crippen LogP contribution in [0, 0.1) is 17.6 Å². The first-order chi connectivity index (χ1) is 14.8. The molecule has 0 spiro atoms. The van der Waals surface area contributed by atoms with Gasteiger partial charge in [-0.3, -0.25) is 4.79 Å². The summed E-state index contributed by atoms with van der Waals surface area (Å²) < 4.78 is 54.2. The van der Waals surface area contributed by atoms with Gasteiger partial charge in [0.05, 0.1) is 5.54 Å². The molecular formula is C23H26F2N2O3S. The number of nitrogens with one attached hydrogen (secondary N) is 1. The van der Waals surface area contributed by atoms with E-state index in [1.54, 1.807) is 12.1 Å². The molecule has 0 atom stereocenters. The fourth-order valence-electron chi connectivity index (χ4n) is 4.72. The number of amides is 1. The van der Waals surface area contributed by atoms with Crippen LogP contribution in [-0.2, 0) is 20.4 Å². The molecule has 1 N–H and O–H groups in total. The van der Waals surface area contributed by atoms with E-state index in [9.17, 15) is 22.0 Å². The van der Waals surface area contributed by atoms with E-state index in [2.05, 4.69) is 5.32 Å². The predicted molar refractivity (Wildman–Crippen MR) is 113 cm³/mol. The molecular weight excluding hydrogens is 422 g/mol. The second-order valence-corrected chi connectivity index (χ2v) is 10.3. The summed E-state index contributed by atoms with van der Waals surface area (Å²) in [7, 11) is -3.93. The average Bonchev–Trinajstić information content (AvgIpc) is 3.24. The Hall–Kier alpha value is -2.32. The Morgan fingerprint density at radius 2 is 1.58 bits per heavy atom. The maximum absolute atomic E-state index is 14.0. The lowest BCUT2D eigenvalue weighted by molar-refractivity contribution is -0.128. The SMILES string of the molecule is O=C(NC1(c2ccc(F)cc2)CCCC1)C1CCN(S(=O)(=O)c2ccccc2F)CC1. The molecule has 1 aliphatic heterocycles. The number of hydrogen-bond acceptors (Lipinski definition) is 3. The van der Waals surface area contributed by atoms with Gasteiger partial charge in [0.1, 0.15) is 16.5 Å². The number of halogens is 2. The van der Waals surface area contributed by atoms with Crippen LogP contribution >= 0.6 is 0 Å². The lowest BCUT2D eigenvalue weighted by Gasteiger charge is -2.35. The van der Waals surface area contributed by atoms with Crippen molar-refractivity contribution >= 4 is 15.9 Å². The third-order valence-corrected chi connectivity index (χ3v) is 8.43. The van der Waals surface area contributed by atoms with E-state index in [4.69, 9.17) is 0 Å². The van der Waals surface area contributed by atoms with Crippen molar-refractivity contribution in [2.24, 2.45) is 5.92 Å². The third kappa shape index (κ3) is 4.36. The summed E-state index contributed by atoms with van der Waals surface area (Å²) >= 11 is 0. The van der Waals surface area contributed by atoms with Crippen LogP contribution in [0.2, 0.25) is 0 Å². The van der Waals surface area contributed by atoms with E-state index >= 15 is 0 Å². The Labute approximate surface area is 181 Å². The highest BCUT2D eigenvalue weighted by Crippen LogP contribution is 2.39. The number of nitrogens with zero attached hydrogens (tertiary/aromatic N) is 1. The van der Waals surface area contributed by atoms with Crippen molar-refractivity contribution in [2.75, 3.05) is 13.1 Å². The van der Waals surface area contributed by atoms with Crippen LogP contribution in [0.25, 0.3) is 0 Å². The molecule has 1 heterocycles. The maximum Gasteiger partial charge on any atom is 0.245 e. The average molecular weight is 449 g/mol. The highest BCUT2D eigenvalue weighted by molar-refractivity contribution is 7.89. The van der Waals surface area contributed by atoms with Gasteiger partial charge in [-0.05, 0) is 55.5 Å². The third-order valence-electron chi connectivity index (χ3n) is 6.50. The predicted octanol–water partition coefficient (Wildman–Crippen LogP) is 3.95. The molecule has 8 heteroatoms. The van der Waals surface area contributed by atoms with Crippen molar-refractivity contribution in [2.45, 2.75) is 49.0 Å². The molecule has 31 heavy (non-hydrogen) atoms. The van der Waals surface area contributed by atoms with Crippen molar-refractivity contribution in [1.29, 1.82) is 0 Å². The molecule has 0 unspecified atom stereocenters. The first kappa shape index (κ1) is 21.9. The molecule has 2 aromatic rings. The lowest BCUT2D eigenvalue weighted by Crippen LogP contribution is -2.49. The number of benzene rings is 2. The van der Waals surface area contributed by atoms with Gasteiger partial charge in [-0.1, -0.05) is 37.1 Å². The first-order valence-corrected chi connectivity index (χ1v) is 12.1. The van der Waals surface area contributed by atoms with Crippen molar-refractivity contribution in [3.8, 4) is 0 Å². The Kier molecular flexibility index (Phi) is 6.12. The van der Waals surface area contributed by atoms with Crippen molar-refractivity contribution in [1.82, 2.24) is 9.62 Å². The van der Waals surface area contributed by atoms with Gasteiger partial charge in [0.15, 0.2) is 0 Å². The topological polar surface area (TPSA) is 66.5 Å². The molecule has 166 valence electrons. The van der Waals surface area contributed by atoms with Crippen LogP contribution in [0.4, 0.5) is 8.78 Å². The zero-order valence-corrected chi connectivity index (χ0v) is 18.0. The largest absolute Gasteiger partial charge is 0.346 e. The number of piperidine rings is 1. The van der Waals surface area contributed by atoms with Crippen LogP contribution in [0.3, 0.4) is 0 Å². The van der Waals surface area contributed by atoms with Crippen LogP contribution in [-0.4, -0.2) is 31.7 Å². The van der Waals surface area contributed by atoms with Crippen molar-refractivity contribution in [3.05, 3.63) is 65.7 Å². The highest BCUT2D eigenvalue weighted by Gasteiger charge is 2.40. The van der Waals surface area contributed by atoms with E-state index in [0.717, 1.165) is 37.3 Å². The number of carbonyl (C=O) groups excluding carboxylic acids is 1. The van der Waals surface area contributed by atoms with Gasteiger partial charge in [-0.25, -0.2) is 17.2 Å². The van der Waals surface area contributed by atoms with Crippen molar-refractivity contribution < 1.29 is 22.0 Å². The Morgan fingerprint density at radius 3 is 2.19 bits per heavy atom. The minimum absolute atomic E-state index is 0.103. The number of hydrogen-bond donors (Lipinski definition) is 1. The summed E-state index contributed by atoms with van der Waals surface area (Å²) in [5.41, 5.74) is 0.403. The zero-order valence-electron chi connectivity index (χ0n) is 17.2. The molecule has 2 aromatic carbocycles. The van der Waals surface area contributed by atoms with E-state index in [0.29, 0.717) is 12.8 Å². The summed E-state index contributed by atoms with van der Waals surface area (Å²) in [6.45, 7) is 0.330. The number of sulfonamides is 1. The molecule has 1 amide bonds. The molecule has 1 saturated heterocycles. The minimum Gasteiger partial charge on any atom is -0.346 e. The summed E-state index contributed by atoms with van der Waals surface area (Å²) in [5, 5.41) is 3.20. The Balaban J connectivity index is 1.43. The molecule has 2 aliphatic rings. The van der Waals surface area contributed by atoms with Gasteiger partial charge >= 0.3 is 0 Å². The molecule has 5 nitrogen and oxygen atoms in total. The van der Waals surface area contributed by atoms with Crippen LogP contribution in [0.15, 0.2) is 53.4 Å². The zero-order chi connectivity index (χ0) is 22.1. The second-order valence-electron chi connectivity index (χ2n) is 8.39. The van der Waals surface area contributed by atoms with E-state index in [-0.39, 0.29) is 35.6 Å². The Bertz CT molecular complexity index is 1040. The van der Waals surface area contributed by atoms with Gasteiger partial charge in [0, 0.05) is 19.0 Å². The van der Waals surface area contributed by atoms with Crippen LogP contribution < -0.4 is 5.32 Å². The molecule has 1 aliphatic carbocycles. The summed E-state index contributed by atoms with van der Waals surface area (Å²) in [4.78, 5) is 12.7. The summed E-state index contributed by atoms with van der Waals surface area (Å²) in [6, 6.07) is 11.6. The second kappa shape index (κ2) is 8.67. The standard InChI is InChI=1S/C23H26F2N2O3S/c24-19-9-7-18(8-10-19)23(13-3-4-14-23)26-22(28)17-11-15-27(16-12-17)31(29,30)21-6-2-1-5-20(21)25/h1-2,5-10,17H,3-4,11-16H2,(H,26,28). The van der Waals surface area contributed by atoms with E-state index < -0.39 is 21.4 Å². The van der Waals surface area contributed by atoms with Gasteiger partial charge in [0.25, 0.3) is 0 Å². The van der Waals surface area contributed by atoms with Gasteiger partial charge in [-0.15, -0.1) is 0 Å². The molecule has 0 radical (unpaired) electrons. The molecule has 1 saturated carbocycles. The number of rotatable bonds is 5. The lowest BCUT2D eigenvalue weighted by atomic mass is 9.86. The van der Waals surface area contributed by atoms with Crippen LogP contribution in [0.1, 0.15) is 44.1 Å². The van der Waals surface area contributed by atoms with Gasteiger partial charge in [-0.2, -0.15) is 4.31 Å². The fraction of sp³-hybridized carbons (Fsp3) is 0.435. The molecule has 0 bridgehead atoms. The minimum atomic E-state index is -3.93. The van der Waals surface area contributed by atoms with E-state index in [1.165, 1.54) is 34.6 Å². The monoisotopic (exact) mass is 448 g/mol. The number of carbonyl (C=O) groups is 1. The highest BCUT2D eigenvalue weighted by atomic mass is 32.2. The molecule has 4 rings (SSSR count). The quantitative estimate of drug-likeness (QED) is 0.753. The van der Waals surface area contributed by atoms with Gasteiger partial charge < -0.3 is 5.32 Å². The van der Waals surface area contributed by atoms with Crippen molar-refractivity contribution in [3.63, 3.8) is 0 Å². The maximum atomic E-state index is 14.0. The first-order valence-electron chi connectivity index (χ1n) is 10.6. The van der Waals surface area contributed by atoms with Gasteiger partial charge in [0.2, 0.25) is 15.9 Å². The van der Waals surface area contributed by atoms with E-state index in [1.807, 2.05) is 0 Å². The summed E-state index contributed by atoms with van der Waals surface area (Å²) in [5.74, 6) is -1.50.